The fourth-order valence-electron chi connectivity index (χ4n) is 3.27. The molecule has 0 N–H and O–H groups in total. The number of fused-ring (bicyclic) bond motifs is 3. The van der Waals surface area contributed by atoms with Crippen LogP contribution in [0.5, 0.6) is 5.75 Å². The first kappa shape index (κ1) is 16.9. The first-order valence-corrected chi connectivity index (χ1v) is 8.44. The molecule has 0 aliphatic heterocycles. The Labute approximate surface area is 154 Å². The normalized spacial score (nSPS) is 11.4. The van der Waals surface area contributed by atoms with Crippen molar-refractivity contribution < 1.29 is 4.74 Å². The van der Waals surface area contributed by atoms with Crippen molar-refractivity contribution in [3.05, 3.63) is 69.6 Å². The van der Waals surface area contributed by atoms with E-state index in [2.05, 4.69) is 11.6 Å². The molecule has 0 aliphatic carbocycles. The predicted octanol–water partition coefficient (Wildman–Crippen LogP) is 1.55. The molecule has 8 nitrogen and oxygen atoms in total. The summed E-state index contributed by atoms with van der Waals surface area (Å²) in [6.07, 6.45) is 3.53. The SMILES string of the molecule is C=CCOc1cccc(-n2c(C)cn3c4c(=O)n(C)c(=O)n(C)c4nc23)c1. The zero-order chi connectivity index (χ0) is 19.3. The van der Waals surface area contributed by atoms with Gasteiger partial charge in [-0.15, -0.1) is 0 Å². The van der Waals surface area contributed by atoms with Crippen molar-refractivity contribution in [2.75, 3.05) is 6.61 Å². The molecule has 4 rings (SSSR count). The van der Waals surface area contributed by atoms with Crippen molar-refractivity contribution in [1.29, 1.82) is 0 Å². The molecule has 3 aromatic heterocycles. The highest BCUT2D eigenvalue weighted by Gasteiger charge is 2.19. The average Bonchev–Trinajstić information content (AvgIpc) is 3.17. The van der Waals surface area contributed by atoms with E-state index in [0.717, 1.165) is 15.9 Å². The Morgan fingerprint density at radius 3 is 2.74 bits per heavy atom. The molecule has 3 heterocycles. The monoisotopic (exact) mass is 365 g/mol. The third-order valence-corrected chi connectivity index (χ3v) is 4.59. The maximum atomic E-state index is 12.7. The lowest BCUT2D eigenvalue weighted by Crippen LogP contribution is -2.37. The fourth-order valence-corrected chi connectivity index (χ4v) is 3.27. The first-order chi connectivity index (χ1) is 12.9. The average molecular weight is 365 g/mol. The van der Waals surface area contributed by atoms with E-state index >= 15 is 0 Å². The zero-order valence-electron chi connectivity index (χ0n) is 15.3. The smallest absolute Gasteiger partial charge is 0.332 e. The van der Waals surface area contributed by atoms with Crippen molar-refractivity contribution in [2.24, 2.45) is 14.1 Å². The lowest BCUT2D eigenvalue weighted by atomic mass is 10.3. The van der Waals surface area contributed by atoms with Crippen LogP contribution in [0.25, 0.3) is 22.6 Å². The van der Waals surface area contributed by atoms with E-state index in [1.807, 2.05) is 42.0 Å². The minimum absolute atomic E-state index is 0.353. The van der Waals surface area contributed by atoms with Gasteiger partial charge in [0.25, 0.3) is 5.56 Å². The largest absolute Gasteiger partial charge is 0.489 e. The Balaban J connectivity index is 2.03. The third-order valence-electron chi connectivity index (χ3n) is 4.59. The molecular formula is C19H19N5O3. The summed E-state index contributed by atoms with van der Waals surface area (Å²) in [5.41, 5.74) is 1.69. The lowest BCUT2D eigenvalue weighted by molar-refractivity contribution is 0.363. The molecule has 138 valence electrons. The summed E-state index contributed by atoms with van der Waals surface area (Å²) in [7, 11) is 3.07. The summed E-state index contributed by atoms with van der Waals surface area (Å²) in [5, 5.41) is 0. The van der Waals surface area contributed by atoms with Gasteiger partial charge in [-0.1, -0.05) is 18.7 Å². The highest BCUT2D eigenvalue weighted by atomic mass is 16.5. The highest BCUT2D eigenvalue weighted by Crippen LogP contribution is 2.23. The van der Waals surface area contributed by atoms with Crippen LogP contribution in [0.1, 0.15) is 5.69 Å². The fraction of sp³-hybridized carbons (Fsp3) is 0.211. The van der Waals surface area contributed by atoms with Gasteiger partial charge < -0.3 is 4.74 Å². The van der Waals surface area contributed by atoms with Gasteiger partial charge in [0.05, 0.1) is 5.69 Å². The van der Waals surface area contributed by atoms with Gasteiger partial charge in [-0.05, 0) is 19.1 Å². The summed E-state index contributed by atoms with van der Waals surface area (Å²) in [4.78, 5) is 29.5. The molecule has 0 bridgehead atoms. The predicted molar refractivity (Wildman–Crippen MR) is 103 cm³/mol. The number of hydrogen-bond acceptors (Lipinski definition) is 4. The van der Waals surface area contributed by atoms with Gasteiger partial charge in [-0.25, -0.2) is 4.79 Å². The summed E-state index contributed by atoms with van der Waals surface area (Å²) < 4.78 is 11.7. The quantitative estimate of drug-likeness (QED) is 0.514. The topological polar surface area (TPSA) is 75.5 Å². The van der Waals surface area contributed by atoms with E-state index < -0.39 is 5.69 Å². The molecule has 0 aliphatic rings. The van der Waals surface area contributed by atoms with Gasteiger partial charge in [0, 0.05) is 32.1 Å². The Bertz CT molecular complexity index is 1320. The molecule has 0 saturated heterocycles. The van der Waals surface area contributed by atoms with Gasteiger partial charge in [0.15, 0.2) is 11.2 Å². The number of nitrogens with zero attached hydrogens (tertiary/aromatic N) is 5. The summed E-state index contributed by atoms with van der Waals surface area (Å²) >= 11 is 0. The molecule has 4 aromatic rings. The number of hydrogen-bond donors (Lipinski definition) is 0. The lowest BCUT2D eigenvalue weighted by Gasteiger charge is -2.09. The van der Waals surface area contributed by atoms with Crippen LogP contribution in [0, 0.1) is 6.92 Å². The van der Waals surface area contributed by atoms with Crippen molar-refractivity contribution in [3.8, 4) is 11.4 Å². The summed E-state index contributed by atoms with van der Waals surface area (Å²) in [5.74, 6) is 1.26. The highest BCUT2D eigenvalue weighted by molar-refractivity contribution is 5.76. The number of ether oxygens (including phenoxy) is 1. The molecule has 0 radical (unpaired) electrons. The number of aromatic nitrogens is 5. The van der Waals surface area contributed by atoms with Crippen LogP contribution < -0.4 is 16.0 Å². The van der Waals surface area contributed by atoms with E-state index in [4.69, 9.17) is 4.74 Å². The van der Waals surface area contributed by atoms with Gasteiger partial charge in [0.2, 0.25) is 5.78 Å². The Hall–Kier alpha value is -3.55. The molecule has 0 saturated carbocycles. The summed E-state index contributed by atoms with van der Waals surface area (Å²) in [6, 6.07) is 7.59. The standard InChI is InChI=1S/C19H19N5O3/c1-5-9-27-14-8-6-7-13(10-14)24-12(2)11-23-15-16(20-18(23)24)21(3)19(26)22(4)17(15)25/h5-8,10-11H,1,9H2,2-4H3. The Morgan fingerprint density at radius 1 is 1.22 bits per heavy atom. The van der Waals surface area contributed by atoms with Crippen LogP contribution in [0.15, 0.2) is 52.7 Å². The minimum atomic E-state index is -0.406. The van der Waals surface area contributed by atoms with Crippen molar-refractivity contribution in [1.82, 2.24) is 23.1 Å². The van der Waals surface area contributed by atoms with Crippen molar-refractivity contribution in [2.45, 2.75) is 6.92 Å². The van der Waals surface area contributed by atoms with E-state index in [1.54, 1.807) is 17.5 Å². The molecule has 27 heavy (non-hydrogen) atoms. The number of aryl methyl sites for hydroxylation is 2. The van der Waals surface area contributed by atoms with Gasteiger partial charge in [-0.3, -0.25) is 22.9 Å². The maximum Gasteiger partial charge on any atom is 0.332 e. The van der Waals surface area contributed by atoms with Crippen LogP contribution in [0.4, 0.5) is 0 Å². The maximum absolute atomic E-state index is 12.7. The van der Waals surface area contributed by atoms with Crippen LogP contribution in [-0.2, 0) is 14.1 Å². The van der Waals surface area contributed by atoms with E-state index in [1.165, 1.54) is 11.6 Å². The minimum Gasteiger partial charge on any atom is -0.489 e. The zero-order valence-corrected chi connectivity index (χ0v) is 15.3. The second kappa shape index (κ2) is 6.01. The summed E-state index contributed by atoms with van der Waals surface area (Å²) in [6.45, 7) is 6.00. The molecule has 1 aromatic carbocycles. The molecule has 0 amide bonds. The molecule has 0 fully saturated rings. The molecule has 0 spiro atoms. The molecule has 0 atom stereocenters. The van der Waals surface area contributed by atoms with E-state index in [0.29, 0.717) is 29.3 Å². The van der Waals surface area contributed by atoms with Gasteiger partial charge in [-0.2, -0.15) is 4.98 Å². The second-order valence-electron chi connectivity index (χ2n) is 6.36. The number of benzene rings is 1. The van der Waals surface area contributed by atoms with Gasteiger partial charge in [0.1, 0.15) is 12.4 Å². The molecule has 8 heteroatoms. The van der Waals surface area contributed by atoms with E-state index in [9.17, 15) is 9.59 Å². The van der Waals surface area contributed by atoms with Gasteiger partial charge >= 0.3 is 5.69 Å². The number of rotatable bonds is 4. The van der Waals surface area contributed by atoms with Crippen LogP contribution in [0.3, 0.4) is 0 Å². The Morgan fingerprint density at radius 2 is 2.00 bits per heavy atom. The van der Waals surface area contributed by atoms with Crippen LogP contribution >= 0.6 is 0 Å². The third kappa shape index (κ3) is 2.41. The van der Waals surface area contributed by atoms with Crippen molar-refractivity contribution in [3.63, 3.8) is 0 Å². The van der Waals surface area contributed by atoms with E-state index in [-0.39, 0.29) is 5.56 Å². The van der Waals surface area contributed by atoms with Crippen LogP contribution in [0.2, 0.25) is 0 Å². The van der Waals surface area contributed by atoms with Crippen LogP contribution in [-0.4, -0.2) is 29.7 Å². The molecular weight excluding hydrogens is 346 g/mol. The Kier molecular flexibility index (Phi) is 3.76. The molecule has 0 unspecified atom stereocenters. The second-order valence-corrected chi connectivity index (χ2v) is 6.36. The first-order valence-electron chi connectivity index (χ1n) is 8.44. The number of imidazole rings is 2. The van der Waals surface area contributed by atoms with Crippen molar-refractivity contribution >= 4 is 16.9 Å².